The highest BCUT2D eigenvalue weighted by Gasteiger charge is 2.25. The maximum Gasteiger partial charge on any atom is 0.315 e. The van der Waals surface area contributed by atoms with Gasteiger partial charge < -0.3 is 4.74 Å². The van der Waals surface area contributed by atoms with E-state index < -0.39 is 17.1 Å². The Kier molecular flexibility index (Phi) is 5.80. The summed E-state index contributed by atoms with van der Waals surface area (Å²) in [6.45, 7) is 0. The van der Waals surface area contributed by atoms with Crippen LogP contribution in [0.1, 0.15) is 11.1 Å². The van der Waals surface area contributed by atoms with E-state index in [1.54, 1.807) is 24.3 Å². The Bertz CT molecular complexity index is 945. The first-order valence-electron chi connectivity index (χ1n) is 7.41. The molecule has 0 atom stereocenters. The van der Waals surface area contributed by atoms with Crippen molar-refractivity contribution in [2.24, 2.45) is 0 Å². The molecular weight excluding hydrogens is 442 g/mol. The third kappa shape index (κ3) is 4.55. The largest absolute Gasteiger partial charge is 0.425 e. The number of benzene rings is 2. The molecule has 0 saturated carbocycles. The summed E-state index contributed by atoms with van der Waals surface area (Å²) in [7, 11) is 0. The van der Waals surface area contributed by atoms with Crippen molar-refractivity contribution in [1.82, 2.24) is 5.32 Å². The van der Waals surface area contributed by atoms with E-state index >= 15 is 0 Å². The molecule has 0 spiro atoms. The van der Waals surface area contributed by atoms with E-state index in [4.69, 9.17) is 16.3 Å². The molecular formula is C18H11BrClNO4S. The Morgan fingerprint density at radius 2 is 2.00 bits per heavy atom. The molecule has 1 aliphatic heterocycles. The summed E-state index contributed by atoms with van der Waals surface area (Å²) in [5, 5.41) is 2.00. The molecule has 0 radical (unpaired) electrons. The van der Waals surface area contributed by atoms with Gasteiger partial charge in [0.05, 0.1) is 16.3 Å². The highest BCUT2D eigenvalue weighted by molar-refractivity contribution is 9.10. The van der Waals surface area contributed by atoms with E-state index in [1.165, 1.54) is 0 Å². The van der Waals surface area contributed by atoms with Gasteiger partial charge in [0.25, 0.3) is 11.1 Å². The van der Waals surface area contributed by atoms with E-state index in [-0.39, 0.29) is 22.1 Å². The molecule has 1 fully saturated rings. The van der Waals surface area contributed by atoms with Gasteiger partial charge in [-0.05, 0) is 47.2 Å². The van der Waals surface area contributed by atoms with Gasteiger partial charge in [-0.15, -0.1) is 0 Å². The lowest BCUT2D eigenvalue weighted by Crippen LogP contribution is -2.17. The van der Waals surface area contributed by atoms with Gasteiger partial charge >= 0.3 is 5.97 Å². The maximum absolute atomic E-state index is 12.1. The predicted octanol–water partition coefficient (Wildman–Crippen LogP) is 4.57. The van der Waals surface area contributed by atoms with Crippen LogP contribution in [0.25, 0.3) is 6.08 Å². The molecule has 1 heterocycles. The number of ether oxygens (including phenoxy) is 1. The minimum atomic E-state index is -0.444. The molecule has 8 heteroatoms. The number of rotatable bonds is 4. The molecule has 26 heavy (non-hydrogen) atoms. The second-order valence-electron chi connectivity index (χ2n) is 5.28. The molecule has 0 unspecified atom stereocenters. The quantitative estimate of drug-likeness (QED) is 0.418. The van der Waals surface area contributed by atoms with Crippen LogP contribution in [0.5, 0.6) is 5.75 Å². The number of hydrogen-bond acceptors (Lipinski definition) is 5. The molecule has 2 aromatic carbocycles. The number of carbonyl (C=O) groups is 3. The van der Waals surface area contributed by atoms with E-state index in [0.29, 0.717) is 5.56 Å². The van der Waals surface area contributed by atoms with Crippen molar-refractivity contribution in [3.05, 3.63) is 68.0 Å². The van der Waals surface area contributed by atoms with Crippen molar-refractivity contribution in [2.45, 2.75) is 6.42 Å². The lowest BCUT2D eigenvalue weighted by molar-refractivity contribution is -0.133. The highest BCUT2D eigenvalue weighted by atomic mass is 79.9. The average molecular weight is 453 g/mol. The summed E-state index contributed by atoms with van der Waals surface area (Å²) < 4.78 is 6.14. The summed E-state index contributed by atoms with van der Waals surface area (Å²) >= 11 is 10.4. The second-order valence-corrected chi connectivity index (χ2v) is 7.56. The lowest BCUT2D eigenvalue weighted by atomic mass is 10.1. The number of amides is 2. The highest BCUT2D eigenvalue weighted by Crippen LogP contribution is 2.30. The fourth-order valence-electron chi connectivity index (χ4n) is 2.22. The smallest absolute Gasteiger partial charge is 0.315 e. The number of esters is 1. The first-order chi connectivity index (χ1) is 12.4. The topological polar surface area (TPSA) is 72.5 Å². The van der Waals surface area contributed by atoms with Crippen molar-refractivity contribution in [2.75, 3.05) is 0 Å². The summed E-state index contributed by atoms with van der Waals surface area (Å²) in [6, 6.07) is 12.1. The Morgan fingerprint density at radius 3 is 2.65 bits per heavy atom. The second kappa shape index (κ2) is 8.07. The van der Waals surface area contributed by atoms with E-state index in [1.807, 2.05) is 24.3 Å². The lowest BCUT2D eigenvalue weighted by Gasteiger charge is -2.08. The number of thioether (sulfide) groups is 1. The number of carbonyl (C=O) groups excluding carboxylic acids is 3. The van der Waals surface area contributed by atoms with Crippen molar-refractivity contribution < 1.29 is 19.1 Å². The van der Waals surface area contributed by atoms with Crippen LogP contribution in [0.15, 0.2) is 51.8 Å². The van der Waals surface area contributed by atoms with Gasteiger partial charge in [-0.3, -0.25) is 19.7 Å². The van der Waals surface area contributed by atoms with Gasteiger partial charge in [-0.1, -0.05) is 51.8 Å². The fraction of sp³-hybridized carbons (Fsp3) is 0.0556. The zero-order valence-electron chi connectivity index (χ0n) is 13.1. The summed E-state index contributed by atoms with van der Waals surface area (Å²) in [4.78, 5) is 35.1. The number of imide groups is 1. The molecule has 5 nitrogen and oxygen atoms in total. The van der Waals surface area contributed by atoms with Gasteiger partial charge in [-0.25, -0.2) is 0 Å². The van der Waals surface area contributed by atoms with Crippen LogP contribution in [0.3, 0.4) is 0 Å². The molecule has 1 saturated heterocycles. The average Bonchev–Trinajstić information content (AvgIpc) is 2.89. The molecule has 0 aliphatic carbocycles. The number of halogens is 2. The van der Waals surface area contributed by atoms with Crippen molar-refractivity contribution in [3.8, 4) is 5.75 Å². The zero-order chi connectivity index (χ0) is 18.7. The minimum absolute atomic E-state index is 0.0997. The van der Waals surface area contributed by atoms with Gasteiger partial charge in [0.15, 0.2) is 0 Å². The van der Waals surface area contributed by atoms with Crippen LogP contribution in [0.4, 0.5) is 4.79 Å². The van der Waals surface area contributed by atoms with Crippen LogP contribution in [0, 0.1) is 0 Å². The fourth-order valence-corrected chi connectivity index (χ4v) is 3.55. The van der Waals surface area contributed by atoms with Gasteiger partial charge in [0.2, 0.25) is 0 Å². The van der Waals surface area contributed by atoms with Gasteiger partial charge in [0.1, 0.15) is 5.75 Å². The normalized spacial score (nSPS) is 15.2. The Hall–Kier alpha value is -2.09. The number of hydrogen-bond donors (Lipinski definition) is 1. The van der Waals surface area contributed by atoms with Crippen molar-refractivity contribution in [1.29, 1.82) is 0 Å². The van der Waals surface area contributed by atoms with Gasteiger partial charge in [0, 0.05) is 4.47 Å². The third-order valence-corrected chi connectivity index (χ3v) is 5.29. The molecule has 132 valence electrons. The van der Waals surface area contributed by atoms with Crippen molar-refractivity contribution in [3.63, 3.8) is 0 Å². The predicted molar refractivity (Wildman–Crippen MR) is 104 cm³/mol. The summed E-state index contributed by atoms with van der Waals surface area (Å²) in [5.41, 5.74) is 1.43. The third-order valence-electron chi connectivity index (χ3n) is 3.41. The summed E-state index contributed by atoms with van der Waals surface area (Å²) in [5.74, 6) is -0.660. The Morgan fingerprint density at radius 1 is 1.23 bits per heavy atom. The van der Waals surface area contributed by atoms with Gasteiger partial charge in [-0.2, -0.15) is 0 Å². The maximum atomic E-state index is 12.1. The first kappa shape index (κ1) is 18.7. The van der Waals surface area contributed by atoms with E-state index in [2.05, 4.69) is 21.2 Å². The van der Waals surface area contributed by atoms with Crippen molar-refractivity contribution >= 4 is 62.5 Å². The zero-order valence-corrected chi connectivity index (χ0v) is 16.3. The van der Waals surface area contributed by atoms with Crippen LogP contribution in [0.2, 0.25) is 5.02 Å². The Labute approximate surface area is 166 Å². The standard InChI is InChI=1S/C18H11BrClNO4S/c19-12-4-2-1-3-11(12)9-16(22)25-14-6-5-10(7-13(14)20)8-15-17(23)21-18(24)26-15/h1-8H,9H2,(H,21,23,24). The first-order valence-corrected chi connectivity index (χ1v) is 9.39. The number of nitrogens with one attached hydrogen (secondary N) is 1. The molecule has 3 rings (SSSR count). The van der Waals surface area contributed by atoms with E-state index in [0.717, 1.165) is 21.8 Å². The van der Waals surface area contributed by atoms with E-state index in [9.17, 15) is 14.4 Å². The Balaban J connectivity index is 1.71. The van der Waals surface area contributed by atoms with Crippen LogP contribution < -0.4 is 10.1 Å². The SMILES string of the molecule is O=C(Cc1ccccc1Br)Oc1ccc(C=C2SC(=O)NC2=O)cc1Cl. The summed E-state index contributed by atoms with van der Waals surface area (Å²) in [6.07, 6.45) is 1.64. The van der Waals surface area contributed by atoms with Crippen LogP contribution >= 0.6 is 39.3 Å². The van der Waals surface area contributed by atoms with Crippen LogP contribution in [-0.2, 0) is 16.0 Å². The van der Waals surface area contributed by atoms with Crippen LogP contribution in [-0.4, -0.2) is 17.1 Å². The minimum Gasteiger partial charge on any atom is -0.425 e. The molecule has 1 N–H and O–H groups in total. The molecule has 2 aromatic rings. The molecule has 0 bridgehead atoms. The molecule has 0 aromatic heterocycles. The molecule has 1 aliphatic rings. The molecule has 2 amide bonds. The monoisotopic (exact) mass is 451 g/mol.